The maximum absolute atomic E-state index is 12.5. The van der Waals surface area contributed by atoms with E-state index in [0.717, 1.165) is 15.4 Å². The summed E-state index contributed by atoms with van der Waals surface area (Å²) >= 11 is 7.50. The van der Waals surface area contributed by atoms with E-state index in [2.05, 4.69) is 10.3 Å². The number of carbonyl (C=O) groups is 2. The van der Waals surface area contributed by atoms with Gasteiger partial charge in [0.1, 0.15) is 10.9 Å². The second-order valence-electron chi connectivity index (χ2n) is 6.42. The fraction of sp³-hybridized carbons (Fsp3) is 0.353. The fourth-order valence-corrected chi connectivity index (χ4v) is 3.97. The van der Waals surface area contributed by atoms with Gasteiger partial charge < -0.3 is 5.32 Å². The van der Waals surface area contributed by atoms with Crippen molar-refractivity contribution in [2.45, 2.75) is 38.6 Å². The molecule has 2 aromatic rings. The van der Waals surface area contributed by atoms with E-state index in [9.17, 15) is 9.59 Å². The van der Waals surface area contributed by atoms with Crippen LogP contribution in [0.1, 0.15) is 36.8 Å². The Morgan fingerprint density at radius 1 is 1.35 bits per heavy atom. The van der Waals surface area contributed by atoms with Crippen LogP contribution in [0.4, 0.5) is 0 Å². The van der Waals surface area contributed by atoms with Crippen molar-refractivity contribution in [3.63, 3.8) is 0 Å². The number of hydrogen-bond donors (Lipinski definition) is 1. The number of halogens is 1. The topological polar surface area (TPSA) is 59.1 Å². The number of nitrogens with zero attached hydrogens (tertiary/aromatic N) is 1. The number of rotatable bonds is 2. The summed E-state index contributed by atoms with van der Waals surface area (Å²) < 4.78 is 0. The maximum Gasteiger partial charge on any atom is 0.237 e. The van der Waals surface area contributed by atoms with Crippen LogP contribution in [0.2, 0.25) is 5.02 Å². The zero-order valence-corrected chi connectivity index (χ0v) is 14.7. The number of benzene rings is 1. The van der Waals surface area contributed by atoms with Gasteiger partial charge in [-0.3, -0.25) is 9.59 Å². The van der Waals surface area contributed by atoms with Crippen LogP contribution < -0.4 is 5.32 Å². The Balaban J connectivity index is 1.98. The summed E-state index contributed by atoms with van der Waals surface area (Å²) in [5.74, 6) is -1.16. The van der Waals surface area contributed by atoms with Crippen molar-refractivity contribution < 1.29 is 9.59 Å². The van der Waals surface area contributed by atoms with E-state index in [1.165, 1.54) is 11.3 Å². The molecule has 0 saturated carbocycles. The number of ketones is 1. The first-order chi connectivity index (χ1) is 10.8. The lowest BCUT2D eigenvalue weighted by Crippen LogP contribution is -2.54. The van der Waals surface area contributed by atoms with Crippen molar-refractivity contribution in [3.8, 4) is 10.6 Å². The number of amides is 1. The Morgan fingerprint density at radius 3 is 2.74 bits per heavy atom. The fourth-order valence-electron chi connectivity index (χ4n) is 2.83. The van der Waals surface area contributed by atoms with Crippen molar-refractivity contribution in [1.82, 2.24) is 10.3 Å². The molecule has 2 heterocycles. The highest BCUT2D eigenvalue weighted by atomic mass is 35.5. The molecule has 6 heteroatoms. The molecule has 1 atom stereocenters. The third-order valence-corrected chi connectivity index (χ3v) is 5.11. The summed E-state index contributed by atoms with van der Waals surface area (Å²) in [6.45, 7) is 5.59. The Morgan fingerprint density at radius 2 is 2.09 bits per heavy atom. The molecule has 0 aliphatic carbocycles. The van der Waals surface area contributed by atoms with Crippen molar-refractivity contribution >= 4 is 34.6 Å². The van der Waals surface area contributed by atoms with Crippen LogP contribution in [0.25, 0.3) is 10.6 Å². The minimum atomic E-state index is -0.813. The molecule has 3 rings (SSSR count). The van der Waals surface area contributed by atoms with Crippen LogP contribution in [0.3, 0.4) is 0 Å². The van der Waals surface area contributed by atoms with Gasteiger partial charge in [-0.2, -0.15) is 0 Å². The Bertz CT molecular complexity index is 778. The third kappa shape index (κ3) is 3.16. The molecule has 0 radical (unpaired) electrons. The molecule has 1 fully saturated rings. The van der Waals surface area contributed by atoms with Crippen LogP contribution >= 0.6 is 22.9 Å². The number of thiazole rings is 1. The number of Topliss-reactive ketones (excluding diaryl/α,β-unsaturated/α-hetero) is 1. The third-order valence-electron chi connectivity index (χ3n) is 3.84. The van der Waals surface area contributed by atoms with E-state index in [0.29, 0.717) is 17.1 Å². The number of aryl methyl sites for hydroxylation is 1. The molecule has 1 aromatic heterocycles. The lowest BCUT2D eigenvalue weighted by atomic mass is 9.83. The first kappa shape index (κ1) is 16.1. The van der Waals surface area contributed by atoms with Crippen LogP contribution in [-0.2, 0) is 9.59 Å². The maximum atomic E-state index is 12.5. The van der Waals surface area contributed by atoms with E-state index >= 15 is 0 Å². The van der Waals surface area contributed by atoms with Gasteiger partial charge in [-0.25, -0.2) is 4.98 Å². The SMILES string of the molecule is Cc1sc(-c2cccc(Cl)c2)nc1C1C(=O)CC(C)(C)NC1=O. The Hall–Kier alpha value is -1.72. The van der Waals surface area contributed by atoms with Crippen molar-refractivity contribution in [3.05, 3.63) is 39.9 Å². The molecule has 120 valence electrons. The monoisotopic (exact) mass is 348 g/mol. The predicted molar refractivity (Wildman–Crippen MR) is 91.9 cm³/mol. The summed E-state index contributed by atoms with van der Waals surface area (Å²) in [6, 6.07) is 7.40. The highest BCUT2D eigenvalue weighted by Crippen LogP contribution is 2.35. The van der Waals surface area contributed by atoms with Gasteiger partial charge >= 0.3 is 0 Å². The number of nitrogens with one attached hydrogen (secondary N) is 1. The van der Waals surface area contributed by atoms with Gasteiger partial charge in [0.25, 0.3) is 0 Å². The zero-order chi connectivity index (χ0) is 16.8. The van der Waals surface area contributed by atoms with Gasteiger partial charge in [0, 0.05) is 27.4 Å². The zero-order valence-electron chi connectivity index (χ0n) is 13.1. The van der Waals surface area contributed by atoms with Gasteiger partial charge in [0.15, 0.2) is 5.78 Å². The first-order valence-electron chi connectivity index (χ1n) is 7.35. The molecule has 4 nitrogen and oxygen atoms in total. The lowest BCUT2D eigenvalue weighted by Gasteiger charge is -2.33. The average molecular weight is 349 g/mol. The molecule has 0 bridgehead atoms. The molecule has 0 spiro atoms. The minimum Gasteiger partial charge on any atom is -0.350 e. The molecule has 1 aliphatic rings. The van der Waals surface area contributed by atoms with Gasteiger partial charge in [-0.15, -0.1) is 11.3 Å². The smallest absolute Gasteiger partial charge is 0.237 e. The Labute approximate surface area is 143 Å². The Kier molecular flexibility index (Phi) is 4.02. The van der Waals surface area contributed by atoms with E-state index < -0.39 is 11.5 Å². The van der Waals surface area contributed by atoms with Gasteiger partial charge in [0.05, 0.1) is 5.69 Å². The van der Waals surface area contributed by atoms with Gasteiger partial charge in [0.2, 0.25) is 5.91 Å². The quantitative estimate of drug-likeness (QED) is 0.841. The molecular formula is C17H17ClN2O2S. The summed E-state index contributed by atoms with van der Waals surface area (Å²) in [7, 11) is 0. The standard InChI is InChI=1S/C17H17ClN2O2S/c1-9-14(13-12(21)8-17(2,3)20-15(13)22)19-16(23-9)10-5-4-6-11(18)7-10/h4-7,13H,8H2,1-3H3,(H,20,22). The highest BCUT2D eigenvalue weighted by Gasteiger charge is 2.42. The molecule has 1 N–H and O–H groups in total. The van der Waals surface area contributed by atoms with Crippen LogP contribution in [0, 0.1) is 6.92 Å². The molecule has 1 unspecified atom stereocenters. The summed E-state index contributed by atoms with van der Waals surface area (Å²) in [5, 5.41) is 4.30. The number of hydrogen-bond acceptors (Lipinski definition) is 4. The molecular weight excluding hydrogens is 332 g/mol. The van der Waals surface area contributed by atoms with E-state index in [1.54, 1.807) is 6.07 Å². The second kappa shape index (κ2) is 5.73. The first-order valence-corrected chi connectivity index (χ1v) is 8.54. The molecule has 23 heavy (non-hydrogen) atoms. The van der Waals surface area contributed by atoms with Gasteiger partial charge in [-0.05, 0) is 32.9 Å². The number of piperidine rings is 1. The normalized spacial score (nSPS) is 20.4. The van der Waals surface area contributed by atoms with Crippen LogP contribution in [-0.4, -0.2) is 22.2 Å². The van der Waals surface area contributed by atoms with Gasteiger partial charge in [-0.1, -0.05) is 23.7 Å². The lowest BCUT2D eigenvalue weighted by molar-refractivity contribution is -0.136. The van der Waals surface area contributed by atoms with Crippen molar-refractivity contribution in [1.29, 1.82) is 0 Å². The molecule has 1 aromatic carbocycles. The average Bonchev–Trinajstić information content (AvgIpc) is 2.79. The number of aromatic nitrogens is 1. The van der Waals surface area contributed by atoms with Crippen LogP contribution in [0.15, 0.2) is 24.3 Å². The predicted octanol–water partition coefficient (Wildman–Crippen LogP) is 3.72. The summed E-state index contributed by atoms with van der Waals surface area (Å²) in [6.07, 6.45) is 0.312. The van der Waals surface area contributed by atoms with Crippen molar-refractivity contribution in [2.75, 3.05) is 0 Å². The molecule has 1 aliphatic heterocycles. The minimum absolute atomic E-state index is 0.0789. The van der Waals surface area contributed by atoms with E-state index in [4.69, 9.17) is 11.6 Å². The molecule has 1 amide bonds. The highest BCUT2D eigenvalue weighted by molar-refractivity contribution is 7.15. The van der Waals surface area contributed by atoms with Crippen molar-refractivity contribution in [2.24, 2.45) is 0 Å². The second-order valence-corrected chi connectivity index (χ2v) is 8.06. The molecule has 1 saturated heterocycles. The summed E-state index contributed by atoms with van der Waals surface area (Å²) in [5.41, 5.74) is 0.952. The number of carbonyl (C=O) groups excluding carboxylic acids is 2. The largest absolute Gasteiger partial charge is 0.350 e. The van der Waals surface area contributed by atoms with Crippen LogP contribution in [0.5, 0.6) is 0 Å². The van der Waals surface area contributed by atoms with E-state index in [-0.39, 0.29) is 11.7 Å². The summed E-state index contributed by atoms with van der Waals surface area (Å²) in [4.78, 5) is 30.3. The van der Waals surface area contributed by atoms with E-state index in [1.807, 2.05) is 39.0 Å².